The Balaban J connectivity index is 2.59. The van der Waals surface area contributed by atoms with Crippen molar-refractivity contribution in [3.8, 4) is 11.5 Å². The van der Waals surface area contributed by atoms with Gasteiger partial charge in [-0.25, -0.2) is 0 Å². The highest BCUT2D eigenvalue weighted by atomic mass is 16.5. The van der Waals surface area contributed by atoms with Gasteiger partial charge in [-0.05, 0) is 25.0 Å². The summed E-state index contributed by atoms with van der Waals surface area (Å²) in [7, 11) is 0. The molecule has 0 saturated heterocycles. The SMILES string of the molecule is CCCCCOc1ccc(N[C]=O)c(OCCCCC)c1. The van der Waals surface area contributed by atoms with Crippen LogP contribution in [0.5, 0.6) is 11.5 Å². The van der Waals surface area contributed by atoms with Crippen LogP contribution in [0.1, 0.15) is 52.4 Å². The molecule has 1 aromatic rings. The van der Waals surface area contributed by atoms with Crippen LogP contribution < -0.4 is 14.8 Å². The van der Waals surface area contributed by atoms with Crippen LogP contribution >= 0.6 is 0 Å². The Morgan fingerprint density at radius 2 is 1.67 bits per heavy atom. The third-order valence-corrected chi connectivity index (χ3v) is 3.16. The van der Waals surface area contributed by atoms with Gasteiger partial charge in [-0.3, -0.25) is 4.79 Å². The molecule has 0 aromatic heterocycles. The third-order valence-electron chi connectivity index (χ3n) is 3.16. The van der Waals surface area contributed by atoms with Gasteiger partial charge in [-0.1, -0.05) is 39.5 Å². The zero-order valence-corrected chi connectivity index (χ0v) is 13.1. The molecule has 0 bridgehead atoms. The second-order valence-corrected chi connectivity index (χ2v) is 5.00. The van der Waals surface area contributed by atoms with Gasteiger partial charge in [0, 0.05) is 6.07 Å². The lowest BCUT2D eigenvalue weighted by molar-refractivity contribution is 0.292. The topological polar surface area (TPSA) is 47.6 Å². The number of hydrogen-bond acceptors (Lipinski definition) is 3. The molecule has 0 fully saturated rings. The van der Waals surface area contributed by atoms with Crippen molar-refractivity contribution >= 4 is 12.1 Å². The van der Waals surface area contributed by atoms with E-state index in [1.807, 2.05) is 12.1 Å². The number of carbonyl (C=O) groups excluding carboxylic acids is 1. The quantitative estimate of drug-likeness (QED) is 0.461. The van der Waals surface area contributed by atoms with Crippen LogP contribution in [0.25, 0.3) is 0 Å². The fourth-order valence-corrected chi connectivity index (χ4v) is 1.95. The van der Waals surface area contributed by atoms with E-state index in [1.54, 1.807) is 12.5 Å². The molecule has 0 heterocycles. The Morgan fingerprint density at radius 3 is 2.29 bits per heavy atom. The molecule has 1 aromatic carbocycles. The highest BCUT2D eigenvalue weighted by molar-refractivity contribution is 5.76. The molecule has 0 atom stereocenters. The van der Waals surface area contributed by atoms with Crippen molar-refractivity contribution in [2.24, 2.45) is 0 Å². The van der Waals surface area contributed by atoms with Gasteiger partial charge in [0.15, 0.2) is 0 Å². The maximum atomic E-state index is 10.5. The second-order valence-electron chi connectivity index (χ2n) is 5.00. The molecule has 0 aliphatic heterocycles. The lowest BCUT2D eigenvalue weighted by atomic mass is 10.2. The number of hydrogen-bond donors (Lipinski definition) is 1. The van der Waals surface area contributed by atoms with Crippen LogP contribution in [0.2, 0.25) is 0 Å². The number of anilines is 1. The van der Waals surface area contributed by atoms with Gasteiger partial charge in [0.1, 0.15) is 11.5 Å². The van der Waals surface area contributed by atoms with Crippen LogP contribution in [0.15, 0.2) is 18.2 Å². The molecular formula is C17H26NO3. The Hall–Kier alpha value is -1.71. The zero-order valence-electron chi connectivity index (χ0n) is 13.1. The van der Waals surface area contributed by atoms with Crippen LogP contribution in [0.3, 0.4) is 0 Å². The standard InChI is InChI=1S/C17H26NO3/c1-3-5-7-11-20-15-9-10-16(18-14-19)17(13-15)21-12-8-6-4-2/h9-10,13H,3-8,11-12H2,1-2H3,(H,18,19). The normalized spacial score (nSPS) is 10.2. The Kier molecular flexibility index (Phi) is 9.09. The average Bonchev–Trinajstić information content (AvgIpc) is 2.50. The van der Waals surface area contributed by atoms with E-state index >= 15 is 0 Å². The van der Waals surface area contributed by atoms with E-state index in [-0.39, 0.29) is 0 Å². The van der Waals surface area contributed by atoms with E-state index in [2.05, 4.69) is 19.2 Å². The minimum atomic E-state index is 0.627. The summed E-state index contributed by atoms with van der Waals surface area (Å²) in [6.45, 7) is 5.66. The smallest absolute Gasteiger partial charge is 0.314 e. The first-order valence-electron chi connectivity index (χ1n) is 7.84. The lowest BCUT2D eigenvalue weighted by Gasteiger charge is -2.13. The molecule has 0 unspecified atom stereocenters. The monoisotopic (exact) mass is 292 g/mol. The largest absolute Gasteiger partial charge is 0.493 e. The highest BCUT2D eigenvalue weighted by Crippen LogP contribution is 2.29. The molecule has 4 nitrogen and oxygen atoms in total. The molecule has 1 rings (SSSR count). The fourth-order valence-electron chi connectivity index (χ4n) is 1.95. The highest BCUT2D eigenvalue weighted by Gasteiger charge is 2.06. The molecule has 0 saturated carbocycles. The summed E-state index contributed by atoms with van der Waals surface area (Å²) in [4.78, 5) is 10.5. The van der Waals surface area contributed by atoms with Crippen molar-refractivity contribution in [2.75, 3.05) is 18.5 Å². The summed E-state index contributed by atoms with van der Waals surface area (Å²) in [5.41, 5.74) is 0.627. The van der Waals surface area contributed by atoms with E-state index in [9.17, 15) is 4.79 Å². The predicted octanol–water partition coefficient (Wildman–Crippen LogP) is 4.30. The first kappa shape index (κ1) is 17.3. The Bertz CT molecular complexity index is 407. The van der Waals surface area contributed by atoms with Crippen molar-refractivity contribution in [3.05, 3.63) is 18.2 Å². The van der Waals surface area contributed by atoms with Crippen molar-refractivity contribution in [1.82, 2.24) is 0 Å². The molecule has 4 heteroatoms. The third kappa shape index (κ3) is 7.02. The number of nitrogens with one attached hydrogen (secondary N) is 1. The van der Waals surface area contributed by atoms with E-state index in [0.29, 0.717) is 24.7 Å². The summed E-state index contributed by atoms with van der Waals surface area (Å²) in [5, 5.41) is 2.53. The molecular weight excluding hydrogens is 266 g/mol. The fraction of sp³-hybridized carbons (Fsp3) is 0.588. The minimum Gasteiger partial charge on any atom is -0.493 e. The molecule has 1 radical (unpaired) electrons. The summed E-state index contributed by atoms with van der Waals surface area (Å²) in [6, 6.07) is 5.46. The maximum absolute atomic E-state index is 10.5. The predicted molar refractivity (Wildman–Crippen MR) is 85.8 cm³/mol. The van der Waals surface area contributed by atoms with Gasteiger partial charge in [-0.15, -0.1) is 0 Å². The summed E-state index contributed by atoms with van der Waals surface area (Å²) < 4.78 is 11.4. The molecule has 0 aliphatic rings. The molecule has 0 spiro atoms. The van der Waals surface area contributed by atoms with Crippen molar-refractivity contribution in [1.29, 1.82) is 0 Å². The molecule has 117 valence electrons. The lowest BCUT2D eigenvalue weighted by Crippen LogP contribution is -2.03. The summed E-state index contributed by atoms with van der Waals surface area (Å²) >= 11 is 0. The minimum absolute atomic E-state index is 0.627. The first-order chi connectivity index (χ1) is 10.3. The number of rotatable bonds is 12. The van der Waals surface area contributed by atoms with Crippen LogP contribution in [-0.2, 0) is 4.79 Å². The van der Waals surface area contributed by atoms with Gasteiger partial charge in [0.05, 0.1) is 18.9 Å². The van der Waals surface area contributed by atoms with E-state index < -0.39 is 0 Å². The van der Waals surface area contributed by atoms with Crippen LogP contribution in [-0.4, -0.2) is 19.6 Å². The van der Waals surface area contributed by atoms with Crippen molar-refractivity contribution in [3.63, 3.8) is 0 Å². The molecule has 0 aliphatic carbocycles. The summed E-state index contributed by atoms with van der Waals surface area (Å²) in [5.74, 6) is 1.41. The van der Waals surface area contributed by atoms with Crippen LogP contribution in [0.4, 0.5) is 5.69 Å². The van der Waals surface area contributed by atoms with Crippen LogP contribution in [0, 0.1) is 0 Å². The Morgan fingerprint density at radius 1 is 1.00 bits per heavy atom. The molecule has 21 heavy (non-hydrogen) atoms. The molecule has 1 amide bonds. The van der Waals surface area contributed by atoms with Gasteiger partial charge in [0.25, 0.3) is 0 Å². The zero-order chi connectivity index (χ0) is 15.3. The first-order valence-corrected chi connectivity index (χ1v) is 7.84. The average molecular weight is 292 g/mol. The van der Waals surface area contributed by atoms with E-state index in [0.717, 1.165) is 31.4 Å². The number of benzene rings is 1. The second kappa shape index (κ2) is 11.0. The van der Waals surface area contributed by atoms with Gasteiger partial charge in [0.2, 0.25) is 0 Å². The number of ether oxygens (including phenoxy) is 2. The van der Waals surface area contributed by atoms with Crippen molar-refractivity contribution in [2.45, 2.75) is 52.4 Å². The van der Waals surface area contributed by atoms with E-state index in [1.165, 1.54) is 12.8 Å². The van der Waals surface area contributed by atoms with Gasteiger partial charge >= 0.3 is 6.41 Å². The molecule has 1 N–H and O–H groups in total. The van der Waals surface area contributed by atoms with Gasteiger partial charge < -0.3 is 14.8 Å². The summed E-state index contributed by atoms with van der Waals surface area (Å²) in [6.07, 6.45) is 8.36. The maximum Gasteiger partial charge on any atom is 0.314 e. The van der Waals surface area contributed by atoms with Crippen molar-refractivity contribution < 1.29 is 14.3 Å². The van der Waals surface area contributed by atoms with Gasteiger partial charge in [-0.2, -0.15) is 0 Å². The number of unbranched alkanes of at least 4 members (excludes halogenated alkanes) is 4. The Labute approximate surface area is 127 Å². The van der Waals surface area contributed by atoms with E-state index in [4.69, 9.17) is 9.47 Å². The number of amides is 1.